The predicted octanol–water partition coefficient (Wildman–Crippen LogP) is 2.07. The van der Waals surface area contributed by atoms with Crippen LogP contribution in [0.1, 0.15) is 37.6 Å². The maximum absolute atomic E-state index is 11.4. The molecule has 0 aromatic carbocycles. The Balaban J connectivity index is 2.31. The molecule has 0 bridgehead atoms. The Morgan fingerprint density at radius 3 is 3.07 bits per heavy atom. The number of hydrogen-bond acceptors (Lipinski definition) is 4. The smallest absolute Gasteiger partial charge is 0.316 e. The lowest BCUT2D eigenvalue weighted by molar-refractivity contribution is -0.143. The summed E-state index contributed by atoms with van der Waals surface area (Å²) in [4.78, 5) is 15.5. The second kappa shape index (κ2) is 3.89. The number of carboxylic acids is 1. The fraction of sp³-hybridized carbons (Fsp3) is 0.700. The van der Waals surface area contributed by atoms with E-state index in [2.05, 4.69) is 16.3 Å². The first-order valence-corrected chi connectivity index (χ1v) is 5.97. The summed E-state index contributed by atoms with van der Waals surface area (Å²) in [5.74, 6) is -0.222. The molecule has 2 rings (SSSR count). The van der Waals surface area contributed by atoms with Gasteiger partial charge in [0.15, 0.2) is 0 Å². The average Bonchev–Trinajstić information content (AvgIpc) is 2.87. The zero-order chi connectivity index (χ0) is 10.9. The lowest BCUT2D eigenvalue weighted by Crippen LogP contribution is -2.33. The Morgan fingerprint density at radius 1 is 1.80 bits per heavy atom. The molecule has 1 aromatic heterocycles. The van der Waals surface area contributed by atoms with Gasteiger partial charge >= 0.3 is 5.97 Å². The minimum absolute atomic E-state index is 0.519. The van der Waals surface area contributed by atoms with Crippen molar-refractivity contribution in [1.82, 2.24) is 9.36 Å². The van der Waals surface area contributed by atoms with Crippen LogP contribution in [0.4, 0.5) is 0 Å². The molecule has 2 unspecified atom stereocenters. The van der Waals surface area contributed by atoms with Crippen molar-refractivity contribution in [3.8, 4) is 0 Å². The van der Waals surface area contributed by atoms with Crippen LogP contribution in [0, 0.1) is 5.92 Å². The highest BCUT2D eigenvalue weighted by Gasteiger charge is 2.48. The van der Waals surface area contributed by atoms with Gasteiger partial charge in [-0.15, -0.1) is 0 Å². The molecule has 4 nitrogen and oxygen atoms in total. The number of rotatable bonds is 3. The van der Waals surface area contributed by atoms with Crippen LogP contribution < -0.4 is 0 Å². The van der Waals surface area contributed by atoms with E-state index in [0.29, 0.717) is 23.8 Å². The van der Waals surface area contributed by atoms with Crippen LogP contribution in [0.2, 0.25) is 0 Å². The Morgan fingerprint density at radius 2 is 2.60 bits per heavy atom. The third-order valence-corrected chi connectivity index (χ3v) is 4.24. The lowest BCUT2D eigenvalue weighted by atomic mass is 9.85. The maximum atomic E-state index is 11.4. The zero-order valence-corrected chi connectivity index (χ0v) is 9.46. The van der Waals surface area contributed by atoms with Gasteiger partial charge in [0, 0.05) is 0 Å². The molecule has 1 saturated carbocycles. The topological polar surface area (TPSA) is 63.1 Å². The van der Waals surface area contributed by atoms with E-state index in [0.717, 1.165) is 12.8 Å². The van der Waals surface area contributed by atoms with Crippen molar-refractivity contribution in [2.24, 2.45) is 5.92 Å². The van der Waals surface area contributed by atoms with Gasteiger partial charge in [0.2, 0.25) is 0 Å². The van der Waals surface area contributed by atoms with Gasteiger partial charge in [0.05, 0.1) is 0 Å². The van der Waals surface area contributed by atoms with Crippen LogP contribution in [-0.4, -0.2) is 20.4 Å². The highest BCUT2D eigenvalue weighted by Crippen LogP contribution is 2.45. The first kappa shape index (κ1) is 10.5. The van der Waals surface area contributed by atoms with Gasteiger partial charge in [-0.1, -0.05) is 13.3 Å². The second-order valence-electron chi connectivity index (χ2n) is 4.15. The van der Waals surface area contributed by atoms with E-state index < -0.39 is 11.4 Å². The normalized spacial score (nSPS) is 30.6. The first-order valence-electron chi connectivity index (χ1n) is 5.19. The Hall–Kier alpha value is -0.970. The van der Waals surface area contributed by atoms with Crippen molar-refractivity contribution in [2.75, 3.05) is 0 Å². The molecule has 1 aliphatic rings. The van der Waals surface area contributed by atoms with Crippen molar-refractivity contribution in [1.29, 1.82) is 0 Å². The Bertz CT molecular complexity index is 352. The molecule has 0 radical (unpaired) electrons. The molecule has 5 heteroatoms. The fourth-order valence-corrected chi connectivity index (χ4v) is 3.10. The molecule has 0 saturated heterocycles. The standard InChI is InChI=1S/C10H14N2O2S/c1-2-7-3-4-10(5-7,9(13)14)8-11-6-12-15-8/h6-7H,2-5H2,1H3,(H,13,14). The van der Waals surface area contributed by atoms with Gasteiger partial charge in [0.25, 0.3) is 0 Å². The van der Waals surface area contributed by atoms with Gasteiger partial charge in [0.1, 0.15) is 16.7 Å². The Kier molecular flexibility index (Phi) is 2.73. The lowest BCUT2D eigenvalue weighted by Gasteiger charge is -2.20. The van der Waals surface area contributed by atoms with E-state index in [4.69, 9.17) is 0 Å². The summed E-state index contributed by atoms with van der Waals surface area (Å²) < 4.78 is 3.91. The molecule has 1 aliphatic carbocycles. The molecule has 1 heterocycles. The summed E-state index contributed by atoms with van der Waals surface area (Å²) in [5, 5.41) is 10.1. The largest absolute Gasteiger partial charge is 0.481 e. The summed E-state index contributed by atoms with van der Waals surface area (Å²) in [6.45, 7) is 2.11. The summed E-state index contributed by atoms with van der Waals surface area (Å²) in [5.41, 5.74) is -0.748. The van der Waals surface area contributed by atoms with Gasteiger partial charge in [-0.25, -0.2) is 4.98 Å². The number of carbonyl (C=O) groups is 1. The predicted molar refractivity (Wildman–Crippen MR) is 56.9 cm³/mol. The zero-order valence-electron chi connectivity index (χ0n) is 8.64. The van der Waals surface area contributed by atoms with E-state index in [1.165, 1.54) is 17.9 Å². The minimum atomic E-state index is -0.748. The van der Waals surface area contributed by atoms with Crippen molar-refractivity contribution in [3.63, 3.8) is 0 Å². The highest BCUT2D eigenvalue weighted by molar-refractivity contribution is 7.05. The van der Waals surface area contributed by atoms with Crippen molar-refractivity contribution < 1.29 is 9.90 Å². The summed E-state index contributed by atoms with van der Waals surface area (Å²) in [6.07, 6.45) is 4.91. The van der Waals surface area contributed by atoms with Crippen LogP contribution in [0.3, 0.4) is 0 Å². The van der Waals surface area contributed by atoms with Gasteiger partial charge < -0.3 is 5.11 Å². The number of hydrogen-bond donors (Lipinski definition) is 1. The van der Waals surface area contributed by atoms with Crippen LogP contribution in [0.25, 0.3) is 0 Å². The quantitative estimate of drug-likeness (QED) is 0.857. The van der Waals surface area contributed by atoms with E-state index >= 15 is 0 Å². The van der Waals surface area contributed by atoms with Gasteiger partial charge in [-0.05, 0) is 36.7 Å². The molecule has 0 spiro atoms. The van der Waals surface area contributed by atoms with E-state index in [1.54, 1.807) is 0 Å². The highest BCUT2D eigenvalue weighted by atomic mass is 32.1. The van der Waals surface area contributed by atoms with Crippen LogP contribution in [0.15, 0.2) is 6.33 Å². The van der Waals surface area contributed by atoms with Crippen LogP contribution in [0.5, 0.6) is 0 Å². The molecule has 0 amide bonds. The minimum Gasteiger partial charge on any atom is -0.481 e. The summed E-state index contributed by atoms with van der Waals surface area (Å²) in [6, 6.07) is 0. The first-order chi connectivity index (χ1) is 7.19. The molecule has 0 aliphatic heterocycles. The van der Waals surface area contributed by atoms with Crippen molar-refractivity contribution in [3.05, 3.63) is 11.3 Å². The third kappa shape index (κ3) is 1.65. The number of aliphatic carboxylic acids is 1. The molecule has 1 aromatic rings. The van der Waals surface area contributed by atoms with Crippen LogP contribution in [-0.2, 0) is 10.2 Å². The molecular formula is C10H14N2O2S. The van der Waals surface area contributed by atoms with Gasteiger partial charge in [-0.3, -0.25) is 4.79 Å². The monoisotopic (exact) mass is 226 g/mol. The third-order valence-electron chi connectivity index (χ3n) is 3.37. The number of nitrogens with zero attached hydrogens (tertiary/aromatic N) is 2. The van der Waals surface area contributed by atoms with E-state index in [9.17, 15) is 9.90 Å². The molecular weight excluding hydrogens is 212 g/mol. The number of carboxylic acid groups (broad SMARTS) is 1. The molecule has 2 atom stereocenters. The Labute approximate surface area is 92.5 Å². The second-order valence-corrected chi connectivity index (χ2v) is 4.93. The molecule has 1 fully saturated rings. The van der Waals surface area contributed by atoms with E-state index in [-0.39, 0.29) is 0 Å². The summed E-state index contributed by atoms with van der Waals surface area (Å²) in [7, 11) is 0. The average molecular weight is 226 g/mol. The molecule has 1 N–H and O–H groups in total. The van der Waals surface area contributed by atoms with Crippen molar-refractivity contribution >= 4 is 17.5 Å². The van der Waals surface area contributed by atoms with Gasteiger partial charge in [-0.2, -0.15) is 4.37 Å². The molecule has 82 valence electrons. The molecule has 15 heavy (non-hydrogen) atoms. The maximum Gasteiger partial charge on any atom is 0.316 e. The fourth-order valence-electron chi connectivity index (χ4n) is 2.36. The van der Waals surface area contributed by atoms with Crippen molar-refractivity contribution in [2.45, 2.75) is 38.0 Å². The number of aromatic nitrogens is 2. The van der Waals surface area contributed by atoms with E-state index in [1.807, 2.05) is 0 Å². The summed E-state index contributed by atoms with van der Waals surface area (Å²) >= 11 is 1.22. The SMILES string of the molecule is CCC1CCC(C(=O)O)(c2ncns2)C1. The van der Waals surface area contributed by atoms with Crippen LogP contribution >= 0.6 is 11.5 Å².